The predicted molar refractivity (Wildman–Crippen MR) is 20.3 cm³/mol. The van der Waals surface area contributed by atoms with E-state index in [0.717, 1.165) is 0 Å². The quantitative estimate of drug-likeness (QED) is 0.380. The van der Waals surface area contributed by atoms with Crippen molar-refractivity contribution in [2.45, 2.75) is 5.92 Å². The van der Waals surface area contributed by atoms with Crippen LogP contribution in [-0.2, 0) is 0 Å². The summed E-state index contributed by atoms with van der Waals surface area (Å²) >= 11 is 0. The summed E-state index contributed by atoms with van der Waals surface area (Å²) in [4.78, 5) is 0. The molecule has 0 aromatic rings. The summed E-state index contributed by atoms with van der Waals surface area (Å²) in [5.74, 6) is -4.30. The molecule has 0 aliphatic rings. The number of halogens is 4. The molecule has 0 N–H and O–H groups in total. The molecular formula is C2H3F4P. The molecule has 1 unspecified atom stereocenters. The molecule has 0 radical (unpaired) electrons. The molecule has 0 spiro atoms. The van der Waals surface area contributed by atoms with E-state index in [-0.39, 0.29) is 0 Å². The molecule has 0 aliphatic heterocycles. The second kappa shape index (κ2) is 2.46. The van der Waals surface area contributed by atoms with E-state index in [1.165, 1.54) is 0 Å². The topological polar surface area (TPSA) is 0 Å². The van der Waals surface area contributed by atoms with Crippen LogP contribution >= 0.6 is 8.58 Å². The molecule has 0 nitrogen and oxygen atoms in total. The van der Waals surface area contributed by atoms with E-state index in [4.69, 9.17) is 0 Å². The summed E-state index contributed by atoms with van der Waals surface area (Å²) in [6.07, 6.45) is -1.29. The molecule has 0 aliphatic carbocycles. The lowest BCUT2D eigenvalue weighted by Crippen LogP contribution is -1.95. The second-order valence-corrected chi connectivity index (χ2v) is 2.00. The van der Waals surface area contributed by atoms with Crippen molar-refractivity contribution < 1.29 is 17.6 Å². The molecule has 0 aromatic heterocycles. The second-order valence-electron chi connectivity index (χ2n) is 0.808. The Hall–Kier alpha value is 0.150. The minimum atomic E-state index is -4.30. The van der Waals surface area contributed by atoms with Crippen molar-refractivity contribution in [3.63, 3.8) is 0 Å². The first-order valence-electron chi connectivity index (χ1n) is 1.44. The van der Waals surface area contributed by atoms with Crippen molar-refractivity contribution in [3.8, 4) is 0 Å². The average Bonchev–Trinajstić information content (AvgIpc) is 1.30. The maximum atomic E-state index is 10.8. The third-order valence-electron chi connectivity index (χ3n) is 0.267. The normalized spacial score (nSPS) is 13.7. The molecule has 0 fully saturated rings. The molecule has 0 heterocycles. The molecule has 1 atom stereocenters. The van der Waals surface area contributed by atoms with Gasteiger partial charge in [0, 0.05) is 8.58 Å². The van der Waals surface area contributed by atoms with Gasteiger partial charge in [0.05, 0.1) is 0 Å². The van der Waals surface area contributed by atoms with E-state index in [1.807, 2.05) is 0 Å². The van der Waals surface area contributed by atoms with Crippen LogP contribution in [0.3, 0.4) is 0 Å². The third-order valence-corrected chi connectivity index (χ3v) is 0.802. The number of rotatable bonds is 1. The monoisotopic (exact) mass is 134 g/mol. The van der Waals surface area contributed by atoms with Gasteiger partial charge in [-0.3, -0.25) is 0 Å². The van der Waals surface area contributed by atoms with Crippen LogP contribution in [-0.4, -0.2) is 12.3 Å². The van der Waals surface area contributed by atoms with Crippen LogP contribution in [0.4, 0.5) is 17.6 Å². The van der Waals surface area contributed by atoms with Crippen molar-refractivity contribution >= 4 is 8.58 Å². The van der Waals surface area contributed by atoms with Crippen molar-refractivity contribution in [3.05, 3.63) is 0 Å². The molecule has 0 aromatic carbocycles. The van der Waals surface area contributed by atoms with E-state index in [2.05, 4.69) is 0 Å². The molecule has 0 amide bonds. The SMILES string of the molecule is FCPC(F)(F)F. The van der Waals surface area contributed by atoms with Crippen LogP contribution in [0.2, 0.25) is 0 Å². The van der Waals surface area contributed by atoms with Crippen molar-refractivity contribution in [1.29, 1.82) is 0 Å². The highest BCUT2D eigenvalue weighted by atomic mass is 31.1. The van der Waals surface area contributed by atoms with Crippen LogP contribution in [0, 0.1) is 0 Å². The number of alkyl halides is 4. The summed E-state index contributed by atoms with van der Waals surface area (Å²) in [7, 11) is -1.54. The first kappa shape index (κ1) is 7.15. The van der Waals surface area contributed by atoms with Crippen LogP contribution in [0.25, 0.3) is 0 Å². The van der Waals surface area contributed by atoms with Gasteiger partial charge in [-0.15, -0.1) is 0 Å². The zero-order valence-electron chi connectivity index (χ0n) is 3.22. The number of hydrogen-bond donors (Lipinski definition) is 0. The van der Waals surface area contributed by atoms with Crippen molar-refractivity contribution in [1.82, 2.24) is 0 Å². The van der Waals surface area contributed by atoms with E-state index < -0.39 is 20.9 Å². The highest BCUT2D eigenvalue weighted by Gasteiger charge is 2.25. The summed E-state index contributed by atoms with van der Waals surface area (Å²) < 4.78 is 43.3. The van der Waals surface area contributed by atoms with Gasteiger partial charge in [-0.05, 0) is 0 Å². The van der Waals surface area contributed by atoms with Gasteiger partial charge in [-0.25, -0.2) is 4.39 Å². The Kier molecular flexibility index (Phi) is 2.51. The lowest BCUT2D eigenvalue weighted by Gasteiger charge is -1.98. The van der Waals surface area contributed by atoms with Crippen molar-refractivity contribution in [2.24, 2.45) is 0 Å². The van der Waals surface area contributed by atoms with Crippen LogP contribution in [0.15, 0.2) is 0 Å². The zero-order valence-corrected chi connectivity index (χ0v) is 4.22. The smallest absolute Gasteiger partial charge is 0.246 e. The molecule has 44 valence electrons. The fourth-order valence-corrected chi connectivity index (χ4v) is 0.227. The van der Waals surface area contributed by atoms with Gasteiger partial charge < -0.3 is 0 Å². The van der Waals surface area contributed by atoms with E-state index in [0.29, 0.717) is 0 Å². The molecule has 0 bridgehead atoms. The summed E-state index contributed by atoms with van der Waals surface area (Å²) in [6, 6.07) is 0. The number of hydrogen-bond acceptors (Lipinski definition) is 0. The van der Waals surface area contributed by atoms with Gasteiger partial charge in [0.1, 0.15) is 6.42 Å². The van der Waals surface area contributed by atoms with Gasteiger partial charge in [-0.2, -0.15) is 13.2 Å². The molecule has 0 saturated carbocycles. The highest BCUT2D eigenvalue weighted by molar-refractivity contribution is 7.38. The highest BCUT2D eigenvalue weighted by Crippen LogP contribution is 2.35. The Bertz CT molecular complexity index is 48.1. The average molecular weight is 134 g/mol. The Labute approximate surface area is 39.7 Å². The van der Waals surface area contributed by atoms with Gasteiger partial charge in [0.25, 0.3) is 0 Å². The Morgan fingerprint density at radius 3 is 1.71 bits per heavy atom. The van der Waals surface area contributed by atoms with E-state index in [1.54, 1.807) is 0 Å². The Morgan fingerprint density at radius 2 is 1.71 bits per heavy atom. The van der Waals surface area contributed by atoms with Gasteiger partial charge in [-0.1, -0.05) is 0 Å². The minimum Gasteiger partial charge on any atom is -0.246 e. The first-order chi connectivity index (χ1) is 3.06. The van der Waals surface area contributed by atoms with Gasteiger partial charge >= 0.3 is 5.92 Å². The van der Waals surface area contributed by atoms with Gasteiger partial charge in [0.15, 0.2) is 0 Å². The van der Waals surface area contributed by atoms with E-state index in [9.17, 15) is 17.6 Å². The molecule has 0 saturated heterocycles. The Balaban J connectivity index is 3.15. The Morgan fingerprint density at radius 1 is 1.29 bits per heavy atom. The fraction of sp³-hybridized carbons (Fsp3) is 1.00. The predicted octanol–water partition coefficient (Wildman–Crippen LogP) is 2.11. The third kappa shape index (κ3) is 6.15. The summed E-state index contributed by atoms with van der Waals surface area (Å²) in [6.45, 7) is 0. The van der Waals surface area contributed by atoms with Crippen LogP contribution < -0.4 is 0 Å². The van der Waals surface area contributed by atoms with E-state index >= 15 is 0 Å². The maximum Gasteiger partial charge on any atom is 0.404 e. The van der Waals surface area contributed by atoms with Crippen molar-refractivity contribution in [2.75, 3.05) is 6.42 Å². The van der Waals surface area contributed by atoms with Crippen LogP contribution in [0.5, 0.6) is 0 Å². The minimum absolute atomic E-state index is 1.29. The maximum absolute atomic E-state index is 10.8. The summed E-state index contributed by atoms with van der Waals surface area (Å²) in [5.41, 5.74) is 0. The fourth-order valence-electron chi connectivity index (χ4n) is 0.0758. The summed E-state index contributed by atoms with van der Waals surface area (Å²) in [5, 5.41) is 0. The molecule has 7 heavy (non-hydrogen) atoms. The first-order valence-corrected chi connectivity index (χ1v) is 2.64. The van der Waals surface area contributed by atoms with Gasteiger partial charge in [0.2, 0.25) is 0 Å². The largest absolute Gasteiger partial charge is 0.404 e. The molecule has 5 heteroatoms. The lowest BCUT2D eigenvalue weighted by molar-refractivity contribution is -0.0376. The standard InChI is InChI=1S/C2H3F4P/c3-1-7-2(4,5)6/h7H,1H2. The zero-order chi connectivity index (χ0) is 5.91. The van der Waals surface area contributed by atoms with Crippen LogP contribution in [0.1, 0.15) is 0 Å². The lowest BCUT2D eigenvalue weighted by atomic mass is 11.5. The molecular weight excluding hydrogens is 131 g/mol. The molecule has 0 rings (SSSR count).